The first-order valence-corrected chi connectivity index (χ1v) is 7.33. The minimum absolute atomic E-state index is 0.215. The molecule has 3 heteroatoms. The van der Waals surface area contributed by atoms with Crippen molar-refractivity contribution < 1.29 is 4.79 Å². The van der Waals surface area contributed by atoms with Gasteiger partial charge >= 0.3 is 0 Å². The molecular weight excluding hydrogens is 212 g/mol. The first-order valence-electron chi connectivity index (χ1n) is 7.33. The number of nitrogens with one attached hydrogen (secondary N) is 2. The molecule has 3 nitrogen and oxygen atoms in total. The van der Waals surface area contributed by atoms with Crippen LogP contribution in [0, 0.1) is 0 Å². The smallest absolute Gasteiger partial charge is 0.220 e. The summed E-state index contributed by atoms with van der Waals surface area (Å²) in [6.07, 6.45) is 11.2. The van der Waals surface area contributed by atoms with Crippen LogP contribution in [0.1, 0.15) is 64.7 Å². The molecular formula is C14H28N2O. The second kappa shape index (κ2) is 9.46. The number of rotatable bonds is 10. The predicted octanol–water partition coefficient (Wildman–Crippen LogP) is 2.61. The molecule has 0 aromatic carbocycles. The summed E-state index contributed by atoms with van der Waals surface area (Å²) in [5.74, 6) is 0.215. The maximum Gasteiger partial charge on any atom is 0.220 e. The fourth-order valence-electron chi connectivity index (χ4n) is 2.31. The number of amides is 1. The van der Waals surface area contributed by atoms with E-state index in [1.54, 1.807) is 0 Å². The van der Waals surface area contributed by atoms with E-state index in [1.165, 1.54) is 44.9 Å². The lowest BCUT2D eigenvalue weighted by Gasteiger charge is -2.10. The molecule has 1 fully saturated rings. The fourth-order valence-corrected chi connectivity index (χ4v) is 2.31. The van der Waals surface area contributed by atoms with Gasteiger partial charge in [-0.05, 0) is 19.4 Å². The number of unbranched alkanes of at least 4 members (excludes halogenated alkanes) is 6. The molecule has 1 aliphatic rings. The van der Waals surface area contributed by atoms with Gasteiger partial charge in [0.2, 0.25) is 5.91 Å². The highest BCUT2D eigenvalue weighted by Crippen LogP contribution is 2.07. The summed E-state index contributed by atoms with van der Waals surface area (Å²) in [5, 5.41) is 6.41. The molecule has 100 valence electrons. The molecule has 0 saturated carbocycles. The zero-order valence-corrected chi connectivity index (χ0v) is 11.3. The van der Waals surface area contributed by atoms with Crippen LogP contribution < -0.4 is 10.6 Å². The highest BCUT2D eigenvalue weighted by molar-refractivity contribution is 5.78. The minimum Gasteiger partial charge on any atom is -0.352 e. The largest absolute Gasteiger partial charge is 0.352 e. The van der Waals surface area contributed by atoms with Crippen LogP contribution in [0.15, 0.2) is 0 Å². The molecule has 17 heavy (non-hydrogen) atoms. The van der Waals surface area contributed by atoms with Crippen molar-refractivity contribution in [3.8, 4) is 0 Å². The Bertz CT molecular complexity index is 206. The number of carbonyl (C=O) groups excluding carboxylic acids is 1. The summed E-state index contributed by atoms with van der Waals surface area (Å²) in [6, 6.07) is 0.382. The first kappa shape index (κ1) is 14.5. The molecule has 0 aromatic rings. The maximum absolute atomic E-state index is 11.0. The van der Waals surface area contributed by atoms with E-state index in [0.717, 1.165) is 19.5 Å². The average Bonchev–Trinajstić information content (AvgIpc) is 2.73. The van der Waals surface area contributed by atoms with E-state index in [1.807, 2.05) is 0 Å². The third kappa shape index (κ3) is 7.37. The molecule has 1 heterocycles. The lowest BCUT2D eigenvalue weighted by molar-refractivity contribution is -0.119. The number of hydrogen-bond acceptors (Lipinski definition) is 2. The monoisotopic (exact) mass is 240 g/mol. The SMILES string of the molecule is CCCCCCCCCNCC1CCC(=O)N1. The molecule has 1 rings (SSSR count). The van der Waals surface area contributed by atoms with Gasteiger partial charge in [-0.15, -0.1) is 0 Å². The van der Waals surface area contributed by atoms with Crippen molar-refractivity contribution in [1.29, 1.82) is 0 Å². The third-order valence-electron chi connectivity index (χ3n) is 3.43. The summed E-state index contributed by atoms with van der Waals surface area (Å²) in [7, 11) is 0. The van der Waals surface area contributed by atoms with Crippen LogP contribution in [0.2, 0.25) is 0 Å². The van der Waals surface area contributed by atoms with Crippen molar-refractivity contribution >= 4 is 5.91 Å². The van der Waals surface area contributed by atoms with E-state index in [0.29, 0.717) is 12.5 Å². The van der Waals surface area contributed by atoms with E-state index in [9.17, 15) is 4.79 Å². The Hall–Kier alpha value is -0.570. The Balaban J connectivity index is 1.77. The van der Waals surface area contributed by atoms with Crippen LogP contribution in [0.25, 0.3) is 0 Å². The third-order valence-corrected chi connectivity index (χ3v) is 3.43. The van der Waals surface area contributed by atoms with Gasteiger partial charge in [-0.25, -0.2) is 0 Å². The van der Waals surface area contributed by atoms with Gasteiger partial charge < -0.3 is 10.6 Å². The second-order valence-corrected chi connectivity index (χ2v) is 5.13. The summed E-state index contributed by atoms with van der Waals surface area (Å²) in [4.78, 5) is 11.0. The zero-order valence-electron chi connectivity index (χ0n) is 11.3. The van der Waals surface area contributed by atoms with E-state index >= 15 is 0 Å². The molecule has 2 N–H and O–H groups in total. The van der Waals surface area contributed by atoms with Crippen LogP contribution in [-0.4, -0.2) is 25.0 Å². The van der Waals surface area contributed by atoms with Crippen LogP contribution in [0.3, 0.4) is 0 Å². The summed E-state index contributed by atoms with van der Waals surface area (Å²) < 4.78 is 0. The zero-order chi connectivity index (χ0) is 12.3. The fraction of sp³-hybridized carbons (Fsp3) is 0.929. The van der Waals surface area contributed by atoms with Crippen LogP contribution in [0.5, 0.6) is 0 Å². The Morgan fingerprint density at radius 3 is 2.53 bits per heavy atom. The van der Waals surface area contributed by atoms with Crippen molar-refractivity contribution in [3.05, 3.63) is 0 Å². The van der Waals surface area contributed by atoms with Gasteiger partial charge in [0.15, 0.2) is 0 Å². The Labute approximate surface area is 106 Å². The van der Waals surface area contributed by atoms with Crippen molar-refractivity contribution in [2.45, 2.75) is 70.8 Å². The average molecular weight is 240 g/mol. The molecule has 0 spiro atoms. The minimum atomic E-state index is 0.215. The predicted molar refractivity (Wildman–Crippen MR) is 72.0 cm³/mol. The highest BCUT2D eigenvalue weighted by Gasteiger charge is 2.19. The quantitative estimate of drug-likeness (QED) is 0.576. The van der Waals surface area contributed by atoms with Crippen molar-refractivity contribution in [2.75, 3.05) is 13.1 Å². The summed E-state index contributed by atoms with van der Waals surface area (Å²) in [6.45, 7) is 4.30. The van der Waals surface area contributed by atoms with Gasteiger partial charge in [0.05, 0.1) is 0 Å². The molecule has 1 aliphatic heterocycles. The molecule has 1 atom stereocenters. The van der Waals surface area contributed by atoms with Gasteiger partial charge in [-0.1, -0.05) is 45.4 Å². The topological polar surface area (TPSA) is 41.1 Å². The molecule has 1 amide bonds. The van der Waals surface area contributed by atoms with E-state index < -0.39 is 0 Å². The van der Waals surface area contributed by atoms with Crippen molar-refractivity contribution in [3.63, 3.8) is 0 Å². The molecule has 1 unspecified atom stereocenters. The van der Waals surface area contributed by atoms with Gasteiger partial charge in [0, 0.05) is 19.0 Å². The number of carbonyl (C=O) groups is 1. The molecule has 0 bridgehead atoms. The van der Waals surface area contributed by atoms with E-state index in [4.69, 9.17) is 0 Å². The lowest BCUT2D eigenvalue weighted by Crippen LogP contribution is -2.35. The Morgan fingerprint density at radius 1 is 1.18 bits per heavy atom. The normalized spacial score (nSPS) is 19.6. The van der Waals surface area contributed by atoms with Crippen molar-refractivity contribution in [2.24, 2.45) is 0 Å². The van der Waals surface area contributed by atoms with Crippen molar-refractivity contribution in [1.82, 2.24) is 10.6 Å². The summed E-state index contributed by atoms with van der Waals surface area (Å²) in [5.41, 5.74) is 0. The van der Waals surface area contributed by atoms with E-state index in [2.05, 4.69) is 17.6 Å². The molecule has 0 aliphatic carbocycles. The van der Waals surface area contributed by atoms with Crippen LogP contribution in [-0.2, 0) is 4.79 Å². The first-order chi connectivity index (χ1) is 8.33. The summed E-state index contributed by atoms with van der Waals surface area (Å²) >= 11 is 0. The second-order valence-electron chi connectivity index (χ2n) is 5.13. The van der Waals surface area contributed by atoms with Gasteiger partial charge in [-0.2, -0.15) is 0 Å². The van der Waals surface area contributed by atoms with Gasteiger partial charge in [-0.3, -0.25) is 4.79 Å². The Kier molecular flexibility index (Phi) is 8.06. The number of hydrogen-bond donors (Lipinski definition) is 2. The lowest BCUT2D eigenvalue weighted by atomic mass is 10.1. The van der Waals surface area contributed by atoms with Gasteiger partial charge in [0.1, 0.15) is 0 Å². The van der Waals surface area contributed by atoms with E-state index in [-0.39, 0.29) is 5.91 Å². The molecule has 0 radical (unpaired) electrons. The van der Waals surface area contributed by atoms with Crippen LogP contribution in [0.4, 0.5) is 0 Å². The standard InChI is InChI=1S/C14H28N2O/c1-2-3-4-5-6-7-8-11-15-12-13-9-10-14(17)16-13/h13,15H,2-12H2,1H3,(H,16,17). The highest BCUT2D eigenvalue weighted by atomic mass is 16.1. The molecule has 1 saturated heterocycles. The Morgan fingerprint density at radius 2 is 1.88 bits per heavy atom. The maximum atomic E-state index is 11.0. The molecule has 0 aromatic heterocycles. The van der Waals surface area contributed by atoms with Gasteiger partial charge in [0.25, 0.3) is 0 Å². The van der Waals surface area contributed by atoms with Crippen LogP contribution >= 0.6 is 0 Å².